The van der Waals surface area contributed by atoms with Crippen LogP contribution in [0, 0.1) is 0 Å². The van der Waals surface area contributed by atoms with Gasteiger partial charge < -0.3 is 5.32 Å². The summed E-state index contributed by atoms with van der Waals surface area (Å²) >= 11 is 0. The summed E-state index contributed by atoms with van der Waals surface area (Å²) in [6, 6.07) is 26.1. The van der Waals surface area contributed by atoms with Gasteiger partial charge in [-0.15, -0.1) is 0 Å². The molecule has 23 heavy (non-hydrogen) atoms. The van der Waals surface area contributed by atoms with Gasteiger partial charge in [-0.1, -0.05) is 86.5 Å². The van der Waals surface area contributed by atoms with Crippen LogP contribution in [-0.4, -0.2) is 6.04 Å². The first-order valence-corrected chi connectivity index (χ1v) is 8.65. The highest BCUT2D eigenvalue weighted by Gasteiger charge is 2.18. The molecule has 0 aromatic heterocycles. The van der Waals surface area contributed by atoms with Crippen molar-refractivity contribution >= 4 is 16.5 Å². The van der Waals surface area contributed by atoms with Gasteiger partial charge in [0, 0.05) is 11.7 Å². The van der Waals surface area contributed by atoms with Gasteiger partial charge in [-0.25, -0.2) is 0 Å². The molecule has 1 aliphatic rings. The molecule has 4 rings (SSSR count). The van der Waals surface area contributed by atoms with Crippen molar-refractivity contribution in [1.82, 2.24) is 0 Å². The van der Waals surface area contributed by atoms with Gasteiger partial charge in [0.1, 0.15) is 0 Å². The molecular weight excluding hydrogens is 278 g/mol. The molecule has 3 aromatic rings. The van der Waals surface area contributed by atoms with Gasteiger partial charge in [0.25, 0.3) is 0 Å². The molecule has 1 aliphatic heterocycles. The molecule has 0 radical (unpaired) electrons. The van der Waals surface area contributed by atoms with E-state index in [1.54, 1.807) is 0 Å². The first kappa shape index (κ1) is 15.6. The quantitative estimate of drug-likeness (QED) is 0.620. The summed E-state index contributed by atoms with van der Waals surface area (Å²) in [5, 5.41) is 6.19. The molecule has 1 nitrogen and oxygen atoms in total. The maximum absolute atomic E-state index is 3.57. The maximum atomic E-state index is 3.57. The fraction of sp³-hybridized carbons (Fsp3) is 0.273. The minimum atomic E-state index is 0.692. The third-order valence-corrected chi connectivity index (χ3v) is 4.41. The minimum absolute atomic E-state index is 0.692. The fourth-order valence-electron chi connectivity index (χ4n) is 3.13. The number of anilines is 1. The summed E-state index contributed by atoms with van der Waals surface area (Å²) in [5.74, 6) is 0. The Kier molecular flexibility index (Phi) is 5.31. The van der Waals surface area contributed by atoms with Crippen LogP contribution >= 0.6 is 0 Å². The topological polar surface area (TPSA) is 12.0 Å². The van der Waals surface area contributed by atoms with Crippen molar-refractivity contribution < 1.29 is 0 Å². The Labute approximate surface area is 139 Å². The number of para-hydroxylation sites is 1. The van der Waals surface area contributed by atoms with E-state index in [-0.39, 0.29) is 0 Å². The average Bonchev–Trinajstić information content (AvgIpc) is 3.03. The van der Waals surface area contributed by atoms with Crippen LogP contribution in [0.4, 0.5) is 5.69 Å². The van der Waals surface area contributed by atoms with E-state index >= 15 is 0 Å². The van der Waals surface area contributed by atoms with Crippen molar-refractivity contribution in [2.24, 2.45) is 0 Å². The molecule has 118 valence electrons. The van der Waals surface area contributed by atoms with Crippen molar-refractivity contribution in [3.8, 4) is 0 Å². The summed E-state index contributed by atoms with van der Waals surface area (Å²) in [4.78, 5) is 0. The van der Waals surface area contributed by atoms with Crippen LogP contribution in [0.15, 0.2) is 72.8 Å². The first-order chi connectivity index (χ1) is 11.4. The maximum Gasteiger partial charge on any atom is 0.0375 e. The Morgan fingerprint density at radius 1 is 0.826 bits per heavy atom. The zero-order valence-corrected chi connectivity index (χ0v) is 13.8. The van der Waals surface area contributed by atoms with Gasteiger partial charge >= 0.3 is 0 Å². The zero-order chi connectivity index (χ0) is 15.9. The Morgan fingerprint density at radius 3 is 1.96 bits per heavy atom. The molecule has 1 heteroatoms. The van der Waals surface area contributed by atoms with Crippen molar-refractivity contribution in [3.05, 3.63) is 78.4 Å². The van der Waals surface area contributed by atoms with Crippen LogP contribution in [0.25, 0.3) is 10.8 Å². The lowest BCUT2D eigenvalue weighted by Gasteiger charge is -2.09. The van der Waals surface area contributed by atoms with E-state index in [1.165, 1.54) is 47.7 Å². The predicted octanol–water partition coefficient (Wildman–Crippen LogP) is 6.05. The second-order valence-corrected chi connectivity index (χ2v) is 6.19. The SMILES string of the molecule is CCCCC1Cc2ccccc2N1.c1ccc2ccccc2c1. The molecule has 3 aromatic carbocycles. The molecule has 0 amide bonds. The standard InChI is InChI=1S/C12H17N.C10H8/c1-2-3-7-11-9-10-6-4-5-8-12(10)13-11;1-2-6-10-8-4-3-7-9(10)5-1/h4-6,8,11,13H,2-3,7,9H2,1H3;1-8H. The molecule has 0 aliphatic carbocycles. The lowest BCUT2D eigenvalue weighted by Crippen LogP contribution is -2.14. The second-order valence-electron chi connectivity index (χ2n) is 6.19. The molecule has 0 bridgehead atoms. The van der Waals surface area contributed by atoms with E-state index < -0.39 is 0 Å². The molecule has 0 saturated carbocycles. The summed E-state index contributed by atoms with van der Waals surface area (Å²) in [6.07, 6.45) is 5.17. The summed E-state index contributed by atoms with van der Waals surface area (Å²) in [6.45, 7) is 2.25. The third-order valence-electron chi connectivity index (χ3n) is 4.41. The molecule has 1 heterocycles. The molecule has 0 saturated heterocycles. The van der Waals surface area contributed by atoms with Crippen LogP contribution in [0.3, 0.4) is 0 Å². The number of fused-ring (bicyclic) bond motifs is 2. The van der Waals surface area contributed by atoms with Gasteiger partial charge in [0.15, 0.2) is 0 Å². The van der Waals surface area contributed by atoms with E-state index in [1.807, 2.05) is 0 Å². The Hall–Kier alpha value is -2.28. The predicted molar refractivity (Wildman–Crippen MR) is 101 cm³/mol. The lowest BCUT2D eigenvalue weighted by molar-refractivity contribution is 0.623. The van der Waals surface area contributed by atoms with Crippen LogP contribution in [0.5, 0.6) is 0 Å². The zero-order valence-electron chi connectivity index (χ0n) is 13.8. The van der Waals surface area contributed by atoms with Crippen molar-refractivity contribution in [2.75, 3.05) is 5.32 Å². The van der Waals surface area contributed by atoms with Gasteiger partial charge in [0.2, 0.25) is 0 Å². The van der Waals surface area contributed by atoms with E-state index in [4.69, 9.17) is 0 Å². The Bertz CT molecular complexity index is 657. The van der Waals surface area contributed by atoms with Crippen LogP contribution in [-0.2, 0) is 6.42 Å². The number of rotatable bonds is 3. The Balaban J connectivity index is 0.000000140. The number of hydrogen-bond donors (Lipinski definition) is 1. The average molecular weight is 303 g/mol. The summed E-state index contributed by atoms with van der Waals surface area (Å²) in [5.41, 5.74) is 2.84. The van der Waals surface area contributed by atoms with Gasteiger partial charge in [-0.3, -0.25) is 0 Å². The minimum Gasteiger partial charge on any atom is -0.382 e. The van der Waals surface area contributed by atoms with Gasteiger partial charge in [-0.05, 0) is 35.2 Å². The normalized spacial score (nSPS) is 15.4. The van der Waals surface area contributed by atoms with E-state index in [0.717, 1.165) is 0 Å². The fourth-order valence-corrected chi connectivity index (χ4v) is 3.13. The molecule has 1 unspecified atom stereocenters. The van der Waals surface area contributed by atoms with Crippen molar-refractivity contribution in [1.29, 1.82) is 0 Å². The highest BCUT2D eigenvalue weighted by molar-refractivity contribution is 5.82. The Morgan fingerprint density at radius 2 is 1.39 bits per heavy atom. The summed E-state index contributed by atoms with van der Waals surface area (Å²) < 4.78 is 0. The smallest absolute Gasteiger partial charge is 0.0375 e. The largest absolute Gasteiger partial charge is 0.382 e. The van der Waals surface area contributed by atoms with Crippen molar-refractivity contribution in [3.63, 3.8) is 0 Å². The molecular formula is C22H25N. The van der Waals surface area contributed by atoms with Gasteiger partial charge in [-0.2, -0.15) is 0 Å². The number of hydrogen-bond acceptors (Lipinski definition) is 1. The number of nitrogens with one attached hydrogen (secondary N) is 1. The molecule has 0 spiro atoms. The van der Waals surface area contributed by atoms with E-state index in [2.05, 4.69) is 85.0 Å². The second kappa shape index (κ2) is 7.82. The summed E-state index contributed by atoms with van der Waals surface area (Å²) in [7, 11) is 0. The number of benzene rings is 3. The first-order valence-electron chi connectivity index (χ1n) is 8.65. The molecule has 1 N–H and O–H groups in total. The van der Waals surface area contributed by atoms with Crippen LogP contribution in [0.2, 0.25) is 0 Å². The van der Waals surface area contributed by atoms with Crippen LogP contribution < -0.4 is 5.32 Å². The van der Waals surface area contributed by atoms with Gasteiger partial charge in [0.05, 0.1) is 0 Å². The van der Waals surface area contributed by atoms with E-state index in [0.29, 0.717) is 6.04 Å². The highest BCUT2D eigenvalue weighted by atomic mass is 14.9. The highest BCUT2D eigenvalue weighted by Crippen LogP contribution is 2.27. The van der Waals surface area contributed by atoms with Crippen LogP contribution in [0.1, 0.15) is 31.7 Å². The monoisotopic (exact) mass is 303 g/mol. The van der Waals surface area contributed by atoms with E-state index in [9.17, 15) is 0 Å². The number of unbranched alkanes of at least 4 members (excludes halogenated alkanes) is 1. The lowest BCUT2D eigenvalue weighted by atomic mass is 10.1. The van der Waals surface area contributed by atoms with Crippen molar-refractivity contribution in [2.45, 2.75) is 38.6 Å². The third kappa shape index (κ3) is 4.13. The molecule has 0 fully saturated rings. The molecule has 1 atom stereocenters.